The maximum absolute atomic E-state index is 12.9. The maximum Gasteiger partial charge on any atom is 0.248 e. The van der Waals surface area contributed by atoms with Crippen LogP contribution in [0.4, 0.5) is 0 Å². The normalized spacial score (nSPS) is 15.3. The fourth-order valence-electron chi connectivity index (χ4n) is 3.65. The third kappa shape index (κ3) is 5.46. The molecule has 2 N–H and O–H groups in total. The molecular formula is C21H28N4O6S. The number of nitrogens with one attached hydrogen (secondary N) is 2. The quantitative estimate of drug-likeness (QED) is 0.599. The van der Waals surface area contributed by atoms with Gasteiger partial charge < -0.3 is 19.9 Å². The minimum absolute atomic E-state index is 0.0916. The molecule has 3 rings (SSSR count). The molecule has 174 valence electrons. The van der Waals surface area contributed by atoms with Gasteiger partial charge in [0.1, 0.15) is 16.3 Å². The summed E-state index contributed by atoms with van der Waals surface area (Å²) in [4.78, 5) is 24.6. The fourth-order valence-corrected chi connectivity index (χ4v) is 5.41. The molecule has 1 aromatic carbocycles. The second-order valence-electron chi connectivity index (χ2n) is 7.67. The predicted octanol–water partition coefficient (Wildman–Crippen LogP) is 1.13. The number of piperidine rings is 1. The second-order valence-corrected chi connectivity index (χ2v) is 9.55. The molecule has 0 atom stereocenters. The first-order valence-corrected chi connectivity index (χ1v) is 11.8. The lowest BCUT2D eigenvalue weighted by atomic mass is 9.97. The van der Waals surface area contributed by atoms with Gasteiger partial charge in [0.05, 0.1) is 13.7 Å². The first-order chi connectivity index (χ1) is 15.2. The second kappa shape index (κ2) is 10.1. The number of benzene rings is 1. The molecule has 0 unspecified atom stereocenters. The van der Waals surface area contributed by atoms with Crippen molar-refractivity contribution in [1.29, 1.82) is 0 Å². The van der Waals surface area contributed by atoms with E-state index in [0.29, 0.717) is 25.1 Å². The van der Waals surface area contributed by atoms with Gasteiger partial charge in [-0.1, -0.05) is 17.3 Å². The molecule has 1 fully saturated rings. The van der Waals surface area contributed by atoms with Crippen molar-refractivity contribution >= 4 is 21.8 Å². The van der Waals surface area contributed by atoms with E-state index in [0.717, 1.165) is 11.3 Å². The number of sulfonamides is 1. The molecule has 1 aliphatic heterocycles. The Labute approximate surface area is 187 Å². The molecule has 32 heavy (non-hydrogen) atoms. The van der Waals surface area contributed by atoms with Crippen molar-refractivity contribution in [2.45, 2.75) is 38.1 Å². The molecule has 0 spiro atoms. The fraction of sp³-hybridized carbons (Fsp3) is 0.476. The van der Waals surface area contributed by atoms with Gasteiger partial charge in [-0.15, -0.1) is 0 Å². The van der Waals surface area contributed by atoms with Gasteiger partial charge in [0, 0.05) is 25.6 Å². The number of ether oxygens (including phenoxy) is 1. The molecule has 2 heterocycles. The van der Waals surface area contributed by atoms with E-state index >= 15 is 0 Å². The Morgan fingerprint density at radius 1 is 1.16 bits per heavy atom. The standard InChI is InChI=1S/C21H28N4O6S/c1-14-20(15(2)31-24-14)32(28,29)25-10-8-17(9-11-25)21(27)23-13-19(26)22-12-16-4-6-18(30-3)7-5-16/h4-7,17H,8-13H2,1-3H3,(H,22,26)(H,23,27). The number of hydrogen-bond acceptors (Lipinski definition) is 7. The number of hydrogen-bond donors (Lipinski definition) is 2. The highest BCUT2D eigenvalue weighted by atomic mass is 32.2. The third-order valence-electron chi connectivity index (χ3n) is 5.46. The number of methoxy groups -OCH3 is 1. The lowest BCUT2D eigenvalue weighted by Crippen LogP contribution is -2.45. The largest absolute Gasteiger partial charge is 0.497 e. The first kappa shape index (κ1) is 23.7. The van der Waals surface area contributed by atoms with E-state index in [1.54, 1.807) is 21.0 Å². The van der Waals surface area contributed by atoms with E-state index in [-0.39, 0.29) is 48.0 Å². The molecule has 11 heteroatoms. The van der Waals surface area contributed by atoms with Gasteiger partial charge in [0.15, 0.2) is 5.76 Å². The van der Waals surface area contributed by atoms with Crippen LogP contribution in [0.15, 0.2) is 33.7 Å². The van der Waals surface area contributed by atoms with Crippen LogP contribution in [-0.4, -0.2) is 56.4 Å². The summed E-state index contributed by atoms with van der Waals surface area (Å²) in [6.45, 7) is 3.79. The first-order valence-electron chi connectivity index (χ1n) is 10.3. The highest BCUT2D eigenvalue weighted by Crippen LogP contribution is 2.27. The lowest BCUT2D eigenvalue weighted by molar-refractivity contribution is -0.129. The summed E-state index contributed by atoms with van der Waals surface area (Å²) in [6, 6.07) is 7.31. The third-order valence-corrected chi connectivity index (χ3v) is 7.61. The van der Waals surface area contributed by atoms with E-state index in [1.165, 1.54) is 4.31 Å². The van der Waals surface area contributed by atoms with Crippen LogP contribution < -0.4 is 15.4 Å². The molecule has 0 radical (unpaired) electrons. The van der Waals surface area contributed by atoms with Gasteiger partial charge in [-0.3, -0.25) is 9.59 Å². The molecular weight excluding hydrogens is 436 g/mol. The van der Waals surface area contributed by atoms with Crippen LogP contribution >= 0.6 is 0 Å². The Morgan fingerprint density at radius 2 is 1.81 bits per heavy atom. The number of aryl methyl sites for hydroxylation is 2. The molecule has 1 aliphatic rings. The topological polar surface area (TPSA) is 131 Å². The number of carbonyl (C=O) groups excluding carboxylic acids is 2. The van der Waals surface area contributed by atoms with Crippen molar-refractivity contribution in [3.63, 3.8) is 0 Å². The maximum atomic E-state index is 12.9. The van der Waals surface area contributed by atoms with E-state index in [1.807, 2.05) is 24.3 Å². The summed E-state index contributed by atoms with van der Waals surface area (Å²) in [6.07, 6.45) is 0.754. The van der Waals surface area contributed by atoms with Gasteiger partial charge in [-0.25, -0.2) is 8.42 Å². The van der Waals surface area contributed by atoms with Crippen LogP contribution in [-0.2, 0) is 26.2 Å². The summed E-state index contributed by atoms with van der Waals surface area (Å²) in [5.74, 6) is 0.0907. The number of aromatic nitrogens is 1. The zero-order valence-electron chi connectivity index (χ0n) is 18.4. The van der Waals surface area contributed by atoms with Crippen LogP contribution in [0.25, 0.3) is 0 Å². The summed E-state index contributed by atoms with van der Waals surface area (Å²) in [5.41, 5.74) is 1.24. The smallest absolute Gasteiger partial charge is 0.248 e. The Kier molecular flexibility index (Phi) is 7.52. The number of carbonyl (C=O) groups is 2. The van der Waals surface area contributed by atoms with Gasteiger partial charge in [0.25, 0.3) is 0 Å². The highest BCUT2D eigenvalue weighted by Gasteiger charge is 2.35. The average Bonchev–Trinajstić information content (AvgIpc) is 3.15. The number of amides is 2. The Balaban J connectivity index is 1.43. The molecule has 1 aromatic heterocycles. The number of rotatable bonds is 8. The monoisotopic (exact) mass is 464 g/mol. The van der Waals surface area contributed by atoms with Crippen molar-refractivity contribution in [1.82, 2.24) is 20.1 Å². The zero-order chi connectivity index (χ0) is 23.3. The minimum atomic E-state index is -3.72. The van der Waals surface area contributed by atoms with Crippen molar-refractivity contribution in [2.24, 2.45) is 5.92 Å². The molecule has 1 saturated heterocycles. The van der Waals surface area contributed by atoms with Crippen LogP contribution in [0.1, 0.15) is 29.9 Å². The van der Waals surface area contributed by atoms with Gasteiger partial charge in [-0.05, 0) is 44.4 Å². The summed E-state index contributed by atoms with van der Waals surface area (Å²) < 4.78 is 37.2. The van der Waals surface area contributed by atoms with Crippen molar-refractivity contribution < 1.29 is 27.3 Å². The van der Waals surface area contributed by atoms with Crippen LogP contribution in [0.2, 0.25) is 0 Å². The predicted molar refractivity (Wildman–Crippen MR) is 115 cm³/mol. The SMILES string of the molecule is COc1ccc(CNC(=O)CNC(=O)C2CCN(S(=O)(=O)c3c(C)noc3C)CC2)cc1. The Morgan fingerprint density at radius 3 is 2.38 bits per heavy atom. The summed E-state index contributed by atoms with van der Waals surface area (Å²) >= 11 is 0. The molecule has 2 aromatic rings. The summed E-state index contributed by atoms with van der Waals surface area (Å²) in [5, 5.41) is 9.11. The van der Waals surface area contributed by atoms with Gasteiger partial charge in [0.2, 0.25) is 21.8 Å². The van der Waals surface area contributed by atoms with Gasteiger partial charge >= 0.3 is 0 Å². The molecule has 2 amide bonds. The highest BCUT2D eigenvalue weighted by molar-refractivity contribution is 7.89. The molecule has 10 nitrogen and oxygen atoms in total. The zero-order valence-corrected chi connectivity index (χ0v) is 19.2. The van der Waals surface area contributed by atoms with Crippen LogP contribution in [0.5, 0.6) is 5.75 Å². The van der Waals surface area contributed by atoms with Crippen molar-refractivity contribution in [3.8, 4) is 5.75 Å². The van der Waals surface area contributed by atoms with Crippen LogP contribution in [0, 0.1) is 19.8 Å². The molecule has 0 saturated carbocycles. The van der Waals surface area contributed by atoms with Crippen molar-refractivity contribution in [3.05, 3.63) is 41.3 Å². The Bertz CT molecular complexity index is 1040. The van der Waals surface area contributed by atoms with E-state index < -0.39 is 10.0 Å². The van der Waals surface area contributed by atoms with Crippen LogP contribution in [0.3, 0.4) is 0 Å². The Hall–Kier alpha value is -2.92. The van der Waals surface area contributed by atoms with Gasteiger partial charge in [-0.2, -0.15) is 4.31 Å². The average molecular weight is 465 g/mol. The molecule has 0 aliphatic carbocycles. The minimum Gasteiger partial charge on any atom is -0.497 e. The number of nitrogens with zero attached hydrogens (tertiary/aromatic N) is 2. The molecule has 0 bridgehead atoms. The van der Waals surface area contributed by atoms with Crippen molar-refractivity contribution in [2.75, 3.05) is 26.7 Å². The van der Waals surface area contributed by atoms with E-state index in [9.17, 15) is 18.0 Å². The van der Waals surface area contributed by atoms with E-state index in [2.05, 4.69) is 15.8 Å². The summed E-state index contributed by atoms with van der Waals surface area (Å²) in [7, 11) is -2.14. The van der Waals surface area contributed by atoms with E-state index in [4.69, 9.17) is 9.26 Å². The lowest BCUT2D eigenvalue weighted by Gasteiger charge is -2.30.